The fraction of sp³-hybridized carbons (Fsp3) is 0.182. The number of Topliss-reactive ketones (excluding diaryl/α,β-unsaturated/α-hetero) is 1. The summed E-state index contributed by atoms with van der Waals surface area (Å²) in [4.78, 5) is 28.4. The van der Waals surface area contributed by atoms with Crippen LogP contribution >= 0.6 is 0 Å². The predicted molar refractivity (Wildman–Crippen MR) is 109 cm³/mol. The number of rotatable bonds is 6. The minimum atomic E-state index is -0.410. The molecule has 0 saturated heterocycles. The average molecular weight is 404 g/mol. The van der Waals surface area contributed by atoms with Gasteiger partial charge in [-0.25, -0.2) is 4.98 Å². The summed E-state index contributed by atoms with van der Waals surface area (Å²) in [5.41, 5.74) is 2.00. The number of nitrogens with one attached hydrogen (secondary N) is 1. The summed E-state index contributed by atoms with van der Waals surface area (Å²) >= 11 is 0. The number of aromatic nitrogens is 3. The molecule has 0 spiro atoms. The first kappa shape index (κ1) is 19.4. The van der Waals surface area contributed by atoms with Crippen LogP contribution in [0.15, 0.2) is 57.5 Å². The van der Waals surface area contributed by atoms with Gasteiger partial charge in [-0.3, -0.25) is 14.3 Å². The second-order valence-corrected chi connectivity index (χ2v) is 6.90. The van der Waals surface area contributed by atoms with E-state index >= 15 is 0 Å². The fourth-order valence-corrected chi connectivity index (χ4v) is 3.09. The number of carbonyl (C=O) groups excluding carboxylic acids is 2. The van der Waals surface area contributed by atoms with Crippen LogP contribution < -0.4 is 5.32 Å². The molecule has 0 aliphatic rings. The van der Waals surface area contributed by atoms with Crippen LogP contribution in [0.5, 0.6) is 0 Å². The van der Waals surface area contributed by atoms with E-state index in [1.165, 1.54) is 6.92 Å². The lowest BCUT2D eigenvalue weighted by atomic mass is 10.1. The molecular formula is C22H20N4O4. The van der Waals surface area contributed by atoms with Crippen LogP contribution in [-0.4, -0.2) is 26.5 Å². The van der Waals surface area contributed by atoms with E-state index in [2.05, 4.69) is 15.4 Å². The van der Waals surface area contributed by atoms with Gasteiger partial charge in [-0.2, -0.15) is 5.10 Å². The molecule has 0 atom stereocenters. The van der Waals surface area contributed by atoms with Crippen molar-refractivity contribution in [1.29, 1.82) is 0 Å². The number of carbonyl (C=O) groups is 2. The molecule has 0 unspecified atom stereocenters. The third-order valence-corrected chi connectivity index (χ3v) is 4.55. The van der Waals surface area contributed by atoms with Crippen molar-refractivity contribution in [2.45, 2.75) is 27.3 Å². The van der Waals surface area contributed by atoms with E-state index < -0.39 is 5.91 Å². The molecule has 4 aromatic rings. The molecule has 8 heteroatoms. The molecule has 3 aromatic heterocycles. The van der Waals surface area contributed by atoms with Crippen LogP contribution in [0.3, 0.4) is 0 Å². The van der Waals surface area contributed by atoms with Gasteiger partial charge in [-0.1, -0.05) is 24.3 Å². The van der Waals surface area contributed by atoms with E-state index in [0.29, 0.717) is 35.5 Å². The number of hydrogen-bond acceptors (Lipinski definition) is 6. The number of amides is 1. The molecule has 4 rings (SSSR count). The van der Waals surface area contributed by atoms with Gasteiger partial charge in [-0.05, 0) is 24.6 Å². The number of furan rings is 1. The molecule has 30 heavy (non-hydrogen) atoms. The van der Waals surface area contributed by atoms with Crippen LogP contribution in [0.2, 0.25) is 0 Å². The van der Waals surface area contributed by atoms with Gasteiger partial charge in [0.05, 0.1) is 6.54 Å². The molecule has 1 amide bonds. The van der Waals surface area contributed by atoms with Crippen LogP contribution in [-0.2, 0) is 6.54 Å². The normalized spacial score (nSPS) is 10.9. The zero-order valence-electron chi connectivity index (χ0n) is 16.8. The average Bonchev–Trinajstić information content (AvgIpc) is 3.43. The fourth-order valence-electron chi connectivity index (χ4n) is 3.09. The maximum atomic E-state index is 12.8. The van der Waals surface area contributed by atoms with Crippen molar-refractivity contribution in [3.05, 3.63) is 77.3 Å². The first-order valence-electron chi connectivity index (χ1n) is 9.38. The highest BCUT2D eigenvalue weighted by Gasteiger charge is 2.22. The Balaban J connectivity index is 1.51. The highest BCUT2D eigenvalue weighted by Crippen LogP contribution is 2.28. The number of oxazole rings is 1. The first-order valence-corrected chi connectivity index (χ1v) is 9.38. The molecule has 0 radical (unpaired) electrons. The second-order valence-electron chi connectivity index (χ2n) is 6.90. The maximum Gasteiger partial charge on any atom is 0.279 e. The minimum absolute atomic E-state index is 0.137. The zero-order valence-corrected chi connectivity index (χ0v) is 16.8. The molecule has 0 bridgehead atoms. The molecule has 1 N–H and O–H groups in total. The van der Waals surface area contributed by atoms with Crippen molar-refractivity contribution in [3.63, 3.8) is 0 Å². The van der Waals surface area contributed by atoms with Gasteiger partial charge in [-0.15, -0.1) is 0 Å². The van der Waals surface area contributed by atoms with Crippen LogP contribution in [0.4, 0.5) is 5.82 Å². The lowest BCUT2D eigenvalue weighted by molar-refractivity contribution is 0.0983. The Morgan fingerprint density at radius 1 is 1.07 bits per heavy atom. The Hall–Kier alpha value is -3.94. The second kappa shape index (κ2) is 7.82. The smallest absolute Gasteiger partial charge is 0.279 e. The summed E-state index contributed by atoms with van der Waals surface area (Å²) in [6.07, 6.45) is 1.71. The van der Waals surface area contributed by atoms with Crippen molar-refractivity contribution < 1.29 is 18.4 Å². The maximum absolute atomic E-state index is 12.8. The largest absolute Gasteiger partial charge is 0.456 e. The quantitative estimate of drug-likeness (QED) is 0.482. The molecule has 0 aliphatic heterocycles. The number of ketones is 1. The Kier molecular flexibility index (Phi) is 5.05. The Labute approximate surface area is 172 Å². The van der Waals surface area contributed by atoms with Crippen LogP contribution in [0, 0.1) is 13.8 Å². The SMILES string of the molecule is CC(=O)c1ccc(Cn2ccc(NC(=O)c3nc(C)oc3-c3ccccc3C)n2)o1. The summed E-state index contributed by atoms with van der Waals surface area (Å²) < 4.78 is 12.8. The minimum Gasteiger partial charge on any atom is -0.456 e. The third kappa shape index (κ3) is 3.93. The van der Waals surface area contributed by atoms with E-state index in [0.717, 1.165) is 11.1 Å². The standard InChI is InChI=1S/C22H20N4O4/c1-13-6-4-5-7-17(13)21-20(23-15(3)29-21)22(28)24-19-10-11-26(25-19)12-16-8-9-18(30-16)14(2)27/h4-11H,12H2,1-3H3,(H,24,25,28). The van der Waals surface area contributed by atoms with Crippen molar-refractivity contribution in [3.8, 4) is 11.3 Å². The summed E-state index contributed by atoms with van der Waals surface area (Å²) in [7, 11) is 0. The van der Waals surface area contributed by atoms with Gasteiger partial charge in [0.1, 0.15) is 5.76 Å². The van der Waals surface area contributed by atoms with E-state index in [-0.39, 0.29) is 11.5 Å². The molecule has 1 aromatic carbocycles. The van der Waals surface area contributed by atoms with Gasteiger partial charge in [0.2, 0.25) is 0 Å². The molecule has 0 saturated carbocycles. The van der Waals surface area contributed by atoms with Gasteiger partial charge in [0, 0.05) is 31.7 Å². The van der Waals surface area contributed by atoms with Gasteiger partial charge < -0.3 is 14.2 Å². The molecular weight excluding hydrogens is 384 g/mol. The number of anilines is 1. The van der Waals surface area contributed by atoms with Crippen molar-refractivity contribution in [1.82, 2.24) is 14.8 Å². The van der Waals surface area contributed by atoms with Crippen molar-refractivity contribution >= 4 is 17.5 Å². The summed E-state index contributed by atoms with van der Waals surface area (Å²) in [5, 5.41) is 7.09. The van der Waals surface area contributed by atoms with E-state index in [4.69, 9.17) is 8.83 Å². The van der Waals surface area contributed by atoms with Gasteiger partial charge >= 0.3 is 0 Å². The summed E-state index contributed by atoms with van der Waals surface area (Å²) in [6, 6.07) is 12.7. The highest BCUT2D eigenvalue weighted by molar-refractivity contribution is 6.06. The Bertz CT molecular complexity index is 1230. The number of hydrogen-bond donors (Lipinski definition) is 1. The lowest BCUT2D eigenvalue weighted by Gasteiger charge is -2.04. The molecule has 3 heterocycles. The van der Waals surface area contributed by atoms with E-state index in [1.54, 1.807) is 36.0 Å². The lowest BCUT2D eigenvalue weighted by Crippen LogP contribution is -2.14. The van der Waals surface area contributed by atoms with Crippen LogP contribution in [0.1, 0.15) is 45.2 Å². The number of aryl methyl sites for hydroxylation is 2. The Morgan fingerprint density at radius 2 is 1.87 bits per heavy atom. The number of nitrogens with zero attached hydrogens (tertiary/aromatic N) is 3. The highest BCUT2D eigenvalue weighted by atomic mass is 16.4. The third-order valence-electron chi connectivity index (χ3n) is 4.55. The number of benzene rings is 1. The van der Waals surface area contributed by atoms with E-state index in [9.17, 15) is 9.59 Å². The first-order chi connectivity index (χ1) is 14.4. The monoisotopic (exact) mass is 404 g/mol. The predicted octanol–water partition coefficient (Wildman–Crippen LogP) is 4.25. The van der Waals surface area contributed by atoms with E-state index in [1.807, 2.05) is 31.2 Å². The topological polar surface area (TPSA) is 103 Å². The van der Waals surface area contributed by atoms with Gasteiger partial charge in [0.15, 0.2) is 34.7 Å². The van der Waals surface area contributed by atoms with Crippen molar-refractivity contribution in [2.24, 2.45) is 0 Å². The van der Waals surface area contributed by atoms with Crippen molar-refractivity contribution in [2.75, 3.05) is 5.32 Å². The molecule has 152 valence electrons. The molecule has 8 nitrogen and oxygen atoms in total. The van der Waals surface area contributed by atoms with Crippen LogP contribution in [0.25, 0.3) is 11.3 Å². The summed E-state index contributed by atoms with van der Waals surface area (Å²) in [6.45, 7) is 5.43. The summed E-state index contributed by atoms with van der Waals surface area (Å²) in [5.74, 6) is 1.55. The Morgan fingerprint density at radius 3 is 2.60 bits per heavy atom. The van der Waals surface area contributed by atoms with Gasteiger partial charge in [0.25, 0.3) is 5.91 Å². The zero-order chi connectivity index (χ0) is 21.3. The molecule has 0 fully saturated rings. The molecule has 0 aliphatic carbocycles.